The van der Waals surface area contributed by atoms with Crippen LogP contribution in [0, 0.1) is 0 Å². The van der Waals surface area contributed by atoms with Gasteiger partial charge in [0.15, 0.2) is 11.5 Å². The van der Waals surface area contributed by atoms with E-state index in [1.54, 1.807) is 18.5 Å². The molecular weight excluding hydrogens is 387 g/mol. The third-order valence-electron chi connectivity index (χ3n) is 4.67. The molecule has 3 heterocycles. The first-order valence-electron chi connectivity index (χ1n) is 8.91. The average molecular weight is 407 g/mol. The van der Waals surface area contributed by atoms with Crippen LogP contribution in [0.25, 0.3) is 11.2 Å². The molecule has 3 aromatic rings. The number of anilines is 1. The number of benzene rings is 1. The van der Waals surface area contributed by atoms with E-state index in [0.717, 1.165) is 56.1 Å². The second kappa shape index (κ2) is 8.29. The maximum atomic E-state index is 6.05. The van der Waals surface area contributed by atoms with Crippen LogP contribution in [-0.2, 0) is 0 Å². The first kappa shape index (κ1) is 18.3. The number of fused-ring (bicyclic) bond motifs is 1. The van der Waals surface area contributed by atoms with Crippen molar-refractivity contribution in [1.82, 2.24) is 24.8 Å². The van der Waals surface area contributed by atoms with Crippen molar-refractivity contribution in [2.24, 2.45) is 0 Å². The summed E-state index contributed by atoms with van der Waals surface area (Å²) in [4.78, 5) is 18.0. The topological polar surface area (TPSA) is 79.0 Å². The number of imidazole rings is 1. The summed E-state index contributed by atoms with van der Waals surface area (Å²) in [5.74, 6) is 1.56. The van der Waals surface area contributed by atoms with Gasteiger partial charge in [0.05, 0.1) is 16.4 Å². The van der Waals surface area contributed by atoms with Gasteiger partial charge in [-0.2, -0.15) is 0 Å². The van der Waals surface area contributed by atoms with Crippen LogP contribution in [0.3, 0.4) is 0 Å². The summed E-state index contributed by atoms with van der Waals surface area (Å²) in [6.07, 6.45) is 5.33. The van der Waals surface area contributed by atoms with Gasteiger partial charge in [0.25, 0.3) is 0 Å². The highest BCUT2D eigenvalue weighted by Crippen LogP contribution is 2.28. The SMILES string of the molecule is Clc1ccc(OC2CCN(CCNc3ncnc4nc[nH]c34)CC2)cc1Cl. The van der Waals surface area contributed by atoms with E-state index in [4.69, 9.17) is 27.9 Å². The summed E-state index contributed by atoms with van der Waals surface area (Å²) in [5, 5.41) is 4.43. The molecule has 0 unspecified atom stereocenters. The van der Waals surface area contributed by atoms with Crippen molar-refractivity contribution in [2.75, 3.05) is 31.5 Å². The molecule has 0 spiro atoms. The Bertz CT molecular complexity index is 910. The molecule has 4 rings (SSSR count). The zero-order valence-corrected chi connectivity index (χ0v) is 16.2. The number of aromatic amines is 1. The molecule has 142 valence electrons. The fourth-order valence-corrected chi connectivity index (χ4v) is 3.51. The van der Waals surface area contributed by atoms with Crippen LogP contribution >= 0.6 is 23.2 Å². The summed E-state index contributed by atoms with van der Waals surface area (Å²) in [7, 11) is 0. The fraction of sp³-hybridized carbons (Fsp3) is 0.389. The minimum atomic E-state index is 0.206. The number of piperidine rings is 1. The van der Waals surface area contributed by atoms with Crippen molar-refractivity contribution in [3.8, 4) is 5.75 Å². The van der Waals surface area contributed by atoms with Gasteiger partial charge in [-0.1, -0.05) is 23.2 Å². The van der Waals surface area contributed by atoms with E-state index in [-0.39, 0.29) is 6.10 Å². The number of aromatic nitrogens is 4. The number of H-pyrrole nitrogens is 1. The smallest absolute Gasteiger partial charge is 0.182 e. The third-order valence-corrected chi connectivity index (χ3v) is 5.41. The molecule has 0 bridgehead atoms. The maximum absolute atomic E-state index is 6.05. The van der Waals surface area contributed by atoms with Crippen molar-refractivity contribution in [1.29, 1.82) is 0 Å². The van der Waals surface area contributed by atoms with Crippen molar-refractivity contribution < 1.29 is 4.74 Å². The molecule has 0 saturated carbocycles. The minimum Gasteiger partial charge on any atom is -0.490 e. The molecule has 0 aliphatic carbocycles. The van der Waals surface area contributed by atoms with Gasteiger partial charge in [-0.3, -0.25) is 0 Å². The number of likely N-dealkylation sites (tertiary alicyclic amines) is 1. The Morgan fingerprint density at radius 2 is 2.00 bits per heavy atom. The molecule has 1 fully saturated rings. The Labute approximate surface area is 167 Å². The molecule has 1 saturated heterocycles. The third kappa shape index (κ3) is 4.43. The van der Waals surface area contributed by atoms with E-state index in [1.165, 1.54) is 6.33 Å². The second-order valence-corrected chi connectivity index (χ2v) is 7.30. The highest BCUT2D eigenvalue weighted by atomic mass is 35.5. The highest BCUT2D eigenvalue weighted by molar-refractivity contribution is 6.42. The molecule has 9 heteroatoms. The van der Waals surface area contributed by atoms with Crippen LogP contribution in [0.4, 0.5) is 5.82 Å². The molecule has 27 heavy (non-hydrogen) atoms. The first-order valence-corrected chi connectivity index (χ1v) is 9.66. The van der Waals surface area contributed by atoms with E-state index in [9.17, 15) is 0 Å². The van der Waals surface area contributed by atoms with Crippen molar-refractivity contribution >= 4 is 40.2 Å². The van der Waals surface area contributed by atoms with Gasteiger partial charge in [0, 0.05) is 32.2 Å². The predicted octanol–water partition coefficient (Wildman–Crippen LogP) is 3.62. The summed E-state index contributed by atoms with van der Waals surface area (Å²) in [6.45, 7) is 3.75. The molecule has 2 aromatic heterocycles. The van der Waals surface area contributed by atoms with Gasteiger partial charge in [-0.05, 0) is 25.0 Å². The lowest BCUT2D eigenvalue weighted by molar-refractivity contribution is 0.103. The van der Waals surface area contributed by atoms with Gasteiger partial charge >= 0.3 is 0 Å². The Kier molecular flexibility index (Phi) is 5.61. The highest BCUT2D eigenvalue weighted by Gasteiger charge is 2.20. The van der Waals surface area contributed by atoms with E-state index in [0.29, 0.717) is 15.7 Å². The molecule has 0 radical (unpaired) electrons. The Morgan fingerprint density at radius 1 is 1.15 bits per heavy atom. The summed E-state index contributed by atoms with van der Waals surface area (Å²) in [5.41, 5.74) is 1.51. The maximum Gasteiger partial charge on any atom is 0.182 e. The monoisotopic (exact) mass is 406 g/mol. The fourth-order valence-electron chi connectivity index (χ4n) is 3.22. The molecule has 0 atom stereocenters. The molecule has 2 N–H and O–H groups in total. The molecule has 7 nitrogen and oxygen atoms in total. The lowest BCUT2D eigenvalue weighted by atomic mass is 10.1. The van der Waals surface area contributed by atoms with Crippen LogP contribution in [0.1, 0.15) is 12.8 Å². The number of nitrogens with one attached hydrogen (secondary N) is 2. The lowest BCUT2D eigenvalue weighted by Gasteiger charge is -2.32. The van der Waals surface area contributed by atoms with Crippen LogP contribution in [0.15, 0.2) is 30.9 Å². The largest absolute Gasteiger partial charge is 0.490 e. The molecule has 1 aliphatic heterocycles. The van der Waals surface area contributed by atoms with E-state index in [2.05, 4.69) is 30.2 Å². The Hall–Kier alpha value is -2.09. The average Bonchev–Trinajstić information content (AvgIpc) is 3.16. The molecule has 1 aromatic carbocycles. The van der Waals surface area contributed by atoms with Gasteiger partial charge < -0.3 is 19.9 Å². The zero-order chi connectivity index (χ0) is 18.6. The summed E-state index contributed by atoms with van der Waals surface area (Å²) in [6, 6.07) is 5.41. The van der Waals surface area contributed by atoms with Crippen LogP contribution in [0.2, 0.25) is 10.0 Å². The summed E-state index contributed by atoms with van der Waals surface area (Å²) >= 11 is 12.0. The van der Waals surface area contributed by atoms with Crippen LogP contribution < -0.4 is 10.1 Å². The minimum absolute atomic E-state index is 0.206. The Morgan fingerprint density at radius 3 is 2.81 bits per heavy atom. The zero-order valence-electron chi connectivity index (χ0n) is 14.7. The number of nitrogens with zero attached hydrogens (tertiary/aromatic N) is 4. The molecule has 1 aliphatic rings. The van der Waals surface area contributed by atoms with Gasteiger partial charge in [-0.15, -0.1) is 0 Å². The molecular formula is C18H20Cl2N6O. The quantitative estimate of drug-likeness (QED) is 0.650. The summed E-state index contributed by atoms with van der Waals surface area (Å²) < 4.78 is 6.04. The van der Waals surface area contributed by atoms with Crippen molar-refractivity contribution in [2.45, 2.75) is 18.9 Å². The number of ether oxygens (including phenoxy) is 1. The van der Waals surface area contributed by atoms with E-state index >= 15 is 0 Å². The van der Waals surface area contributed by atoms with Crippen LogP contribution in [0.5, 0.6) is 5.75 Å². The Balaban J connectivity index is 1.22. The lowest BCUT2D eigenvalue weighted by Crippen LogP contribution is -2.40. The van der Waals surface area contributed by atoms with Crippen molar-refractivity contribution in [3.63, 3.8) is 0 Å². The number of rotatable bonds is 6. The van der Waals surface area contributed by atoms with E-state index in [1.807, 2.05) is 6.07 Å². The van der Waals surface area contributed by atoms with Crippen LogP contribution in [-0.4, -0.2) is 57.1 Å². The standard InChI is InChI=1S/C18H20Cl2N6O/c19-14-2-1-13(9-15(14)20)27-12-3-6-26(7-4-12)8-5-21-17-16-18(23-10-22-16)25-11-24-17/h1-2,9-12H,3-8H2,(H2,21,22,23,24,25). The number of halogens is 2. The number of hydrogen-bond donors (Lipinski definition) is 2. The number of hydrogen-bond acceptors (Lipinski definition) is 6. The van der Waals surface area contributed by atoms with Gasteiger partial charge in [-0.25, -0.2) is 15.0 Å². The predicted molar refractivity (Wildman–Crippen MR) is 107 cm³/mol. The first-order chi connectivity index (χ1) is 13.2. The van der Waals surface area contributed by atoms with Gasteiger partial charge in [0.2, 0.25) is 0 Å². The molecule has 0 amide bonds. The second-order valence-electron chi connectivity index (χ2n) is 6.48. The normalized spacial score (nSPS) is 15.9. The van der Waals surface area contributed by atoms with Crippen molar-refractivity contribution in [3.05, 3.63) is 40.9 Å². The van der Waals surface area contributed by atoms with Gasteiger partial charge in [0.1, 0.15) is 23.7 Å². The van der Waals surface area contributed by atoms with E-state index < -0.39 is 0 Å².